The van der Waals surface area contributed by atoms with E-state index in [1.54, 1.807) is 0 Å². The van der Waals surface area contributed by atoms with Crippen molar-refractivity contribution in [1.82, 2.24) is 4.90 Å². The standard InChI is InChI=1S/C16H25N3/c1-13-6-5-10-19(11-9-13)12-15(16(17)18)14-7-3-2-4-8-14/h2-4,7-8,13,15H,5-6,9-12H2,1H3,(H3,17,18). The van der Waals surface area contributed by atoms with Crippen molar-refractivity contribution in [3.63, 3.8) is 0 Å². The molecule has 1 saturated heterocycles. The fourth-order valence-electron chi connectivity index (χ4n) is 2.83. The Labute approximate surface area is 116 Å². The fourth-order valence-corrected chi connectivity index (χ4v) is 2.83. The molecule has 0 amide bonds. The first-order valence-corrected chi connectivity index (χ1v) is 7.28. The Morgan fingerprint density at radius 2 is 2.05 bits per heavy atom. The monoisotopic (exact) mass is 259 g/mol. The predicted octanol–water partition coefficient (Wildman–Crippen LogP) is 2.83. The van der Waals surface area contributed by atoms with Crippen LogP contribution in [0.1, 0.15) is 37.7 Å². The van der Waals surface area contributed by atoms with Crippen molar-refractivity contribution < 1.29 is 0 Å². The summed E-state index contributed by atoms with van der Waals surface area (Å²) >= 11 is 0. The highest BCUT2D eigenvalue weighted by molar-refractivity contribution is 5.84. The minimum absolute atomic E-state index is 0.0367. The van der Waals surface area contributed by atoms with Crippen molar-refractivity contribution in [2.45, 2.75) is 32.1 Å². The molecule has 0 aliphatic carbocycles. The molecule has 0 spiro atoms. The number of nitrogens with zero attached hydrogens (tertiary/aromatic N) is 1. The van der Waals surface area contributed by atoms with E-state index in [9.17, 15) is 0 Å². The van der Waals surface area contributed by atoms with Crippen LogP contribution in [0.5, 0.6) is 0 Å². The Balaban J connectivity index is 2.03. The molecule has 1 heterocycles. The van der Waals surface area contributed by atoms with Gasteiger partial charge in [-0.1, -0.05) is 37.3 Å². The molecule has 2 unspecified atom stereocenters. The highest BCUT2D eigenvalue weighted by Crippen LogP contribution is 2.21. The zero-order chi connectivity index (χ0) is 13.7. The van der Waals surface area contributed by atoms with Crippen LogP contribution in [0.15, 0.2) is 30.3 Å². The van der Waals surface area contributed by atoms with Crippen LogP contribution < -0.4 is 5.73 Å². The van der Waals surface area contributed by atoms with Crippen molar-refractivity contribution in [2.24, 2.45) is 11.7 Å². The minimum atomic E-state index is 0.0367. The third kappa shape index (κ3) is 4.06. The third-order valence-electron chi connectivity index (χ3n) is 4.13. The van der Waals surface area contributed by atoms with Gasteiger partial charge in [0.2, 0.25) is 0 Å². The largest absolute Gasteiger partial charge is 0.387 e. The van der Waals surface area contributed by atoms with E-state index in [2.05, 4.69) is 24.0 Å². The molecule has 2 atom stereocenters. The number of nitrogens with one attached hydrogen (secondary N) is 1. The molecule has 3 N–H and O–H groups in total. The van der Waals surface area contributed by atoms with E-state index < -0.39 is 0 Å². The minimum Gasteiger partial charge on any atom is -0.387 e. The van der Waals surface area contributed by atoms with E-state index in [0.29, 0.717) is 0 Å². The molecule has 0 radical (unpaired) electrons. The summed E-state index contributed by atoms with van der Waals surface area (Å²) in [5, 5.41) is 7.85. The van der Waals surface area contributed by atoms with E-state index in [0.717, 1.165) is 31.1 Å². The van der Waals surface area contributed by atoms with Gasteiger partial charge in [0.1, 0.15) is 0 Å². The summed E-state index contributed by atoms with van der Waals surface area (Å²) in [5.41, 5.74) is 6.97. The molecule has 1 aromatic carbocycles. The van der Waals surface area contributed by atoms with Crippen LogP contribution in [0.2, 0.25) is 0 Å². The number of hydrogen-bond acceptors (Lipinski definition) is 2. The lowest BCUT2D eigenvalue weighted by Gasteiger charge is -2.26. The van der Waals surface area contributed by atoms with Crippen LogP contribution in [-0.4, -0.2) is 30.4 Å². The van der Waals surface area contributed by atoms with Crippen LogP contribution in [0.3, 0.4) is 0 Å². The number of hydrogen-bond donors (Lipinski definition) is 2. The van der Waals surface area contributed by atoms with E-state index >= 15 is 0 Å². The summed E-state index contributed by atoms with van der Waals surface area (Å²) in [7, 11) is 0. The number of benzene rings is 1. The molecule has 19 heavy (non-hydrogen) atoms. The van der Waals surface area contributed by atoms with E-state index in [-0.39, 0.29) is 11.8 Å². The second-order valence-electron chi connectivity index (χ2n) is 5.76. The zero-order valence-electron chi connectivity index (χ0n) is 11.8. The van der Waals surface area contributed by atoms with Gasteiger partial charge in [0.05, 0.1) is 11.8 Å². The Bertz CT molecular complexity index is 402. The number of nitrogens with two attached hydrogens (primary N) is 1. The smallest absolute Gasteiger partial charge is 0.0995 e. The summed E-state index contributed by atoms with van der Waals surface area (Å²) < 4.78 is 0. The molecular weight excluding hydrogens is 234 g/mol. The number of likely N-dealkylation sites (tertiary alicyclic amines) is 1. The Kier molecular flexibility index (Phi) is 4.97. The van der Waals surface area contributed by atoms with Gasteiger partial charge in [-0.15, -0.1) is 0 Å². The molecule has 3 heteroatoms. The molecular formula is C16H25N3. The summed E-state index contributed by atoms with van der Waals surface area (Å²) in [4.78, 5) is 2.47. The van der Waals surface area contributed by atoms with Crippen molar-refractivity contribution in [1.29, 1.82) is 5.41 Å². The van der Waals surface area contributed by atoms with Gasteiger partial charge < -0.3 is 10.6 Å². The molecule has 1 fully saturated rings. The average molecular weight is 259 g/mol. The first kappa shape index (κ1) is 14.1. The third-order valence-corrected chi connectivity index (χ3v) is 4.13. The van der Waals surface area contributed by atoms with Crippen molar-refractivity contribution >= 4 is 5.84 Å². The molecule has 0 saturated carbocycles. The molecule has 1 aliphatic rings. The highest BCUT2D eigenvalue weighted by Gasteiger charge is 2.21. The summed E-state index contributed by atoms with van der Waals surface area (Å²) in [6.07, 6.45) is 3.85. The predicted molar refractivity (Wildman–Crippen MR) is 80.6 cm³/mol. The first-order chi connectivity index (χ1) is 9.16. The lowest BCUT2D eigenvalue weighted by atomic mass is 9.97. The first-order valence-electron chi connectivity index (χ1n) is 7.28. The van der Waals surface area contributed by atoms with Gasteiger partial charge in [0.25, 0.3) is 0 Å². The van der Waals surface area contributed by atoms with Gasteiger partial charge in [0, 0.05) is 6.54 Å². The fraction of sp³-hybridized carbons (Fsp3) is 0.562. The topological polar surface area (TPSA) is 53.1 Å². The molecule has 2 rings (SSSR count). The van der Waals surface area contributed by atoms with Crippen molar-refractivity contribution in [3.05, 3.63) is 35.9 Å². The van der Waals surface area contributed by atoms with Crippen LogP contribution in [0.25, 0.3) is 0 Å². The zero-order valence-corrected chi connectivity index (χ0v) is 11.8. The number of rotatable bonds is 4. The van der Waals surface area contributed by atoms with Crippen molar-refractivity contribution in [2.75, 3.05) is 19.6 Å². The van der Waals surface area contributed by atoms with E-state index in [4.69, 9.17) is 11.1 Å². The van der Waals surface area contributed by atoms with Crippen molar-refractivity contribution in [3.8, 4) is 0 Å². The van der Waals surface area contributed by atoms with Crippen LogP contribution in [0, 0.1) is 11.3 Å². The van der Waals surface area contributed by atoms with Crippen LogP contribution in [0.4, 0.5) is 0 Å². The summed E-state index contributed by atoms with van der Waals surface area (Å²) in [5.74, 6) is 1.15. The molecule has 0 aromatic heterocycles. The van der Waals surface area contributed by atoms with E-state index in [1.807, 2.05) is 18.2 Å². The maximum absolute atomic E-state index is 7.85. The Morgan fingerprint density at radius 3 is 2.74 bits per heavy atom. The molecule has 104 valence electrons. The maximum Gasteiger partial charge on any atom is 0.0995 e. The quantitative estimate of drug-likeness (QED) is 0.645. The normalized spacial score (nSPS) is 22.7. The van der Waals surface area contributed by atoms with Gasteiger partial charge in [-0.05, 0) is 43.8 Å². The molecule has 3 nitrogen and oxygen atoms in total. The Morgan fingerprint density at radius 1 is 1.32 bits per heavy atom. The maximum atomic E-state index is 7.85. The summed E-state index contributed by atoms with van der Waals surface area (Å²) in [6.45, 7) is 5.49. The van der Waals surface area contributed by atoms with Crippen LogP contribution in [-0.2, 0) is 0 Å². The molecule has 1 aromatic rings. The van der Waals surface area contributed by atoms with E-state index in [1.165, 1.54) is 19.3 Å². The Hall–Kier alpha value is -1.35. The lowest BCUT2D eigenvalue weighted by Crippen LogP contribution is -2.35. The lowest BCUT2D eigenvalue weighted by molar-refractivity contribution is 0.278. The SMILES string of the molecule is CC1CCCN(CC(C(=N)N)c2ccccc2)CC1. The van der Waals surface area contributed by atoms with Gasteiger partial charge in [0.15, 0.2) is 0 Å². The van der Waals surface area contributed by atoms with Gasteiger partial charge in [-0.25, -0.2) is 0 Å². The van der Waals surface area contributed by atoms with Gasteiger partial charge >= 0.3 is 0 Å². The van der Waals surface area contributed by atoms with Crippen LogP contribution >= 0.6 is 0 Å². The second-order valence-corrected chi connectivity index (χ2v) is 5.76. The summed E-state index contributed by atoms with van der Waals surface area (Å²) in [6, 6.07) is 10.2. The average Bonchev–Trinajstić information content (AvgIpc) is 2.61. The molecule has 0 bridgehead atoms. The van der Waals surface area contributed by atoms with Gasteiger partial charge in [-0.3, -0.25) is 5.41 Å². The van der Waals surface area contributed by atoms with Gasteiger partial charge in [-0.2, -0.15) is 0 Å². The molecule has 1 aliphatic heterocycles. The number of amidine groups is 1. The highest BCUT2D eigenvalue weighted by atomic mass is 15.1. The second kappa shape index (κ2) is 6.71.